The zero-order valence-electron chi connectivity index (χ0n) is 11.9. The Hall–Kier alpha value is -1.87. The van der Waals surface area contributed by atoms with Gasteiger partial charge in [0, 0.05) is 12.6 Å². The molecule has 0 fully saturated rings. The van der Waals surface area contributed by atoms with Gasteiger partial charge in [-0.1, -0.05) is 17.7 Å². The van der Waals surface area contributed by atoms with Gasteiger partial charge in [0.25, 0.3) is 0 Å². The van der Waals surface area contributed by atoms with Crippen LogP contribution < -0.4 is 14.8 Å². The molecule has 0 atom stereocenters. The Balaban J connectivity index is 2.13. The topological polar surface area (TPSA) is 30.5 Å². The van der Waals surface area contributed by atoms with Crippen molar-refractivity contribution >= 4 is 17.3 Å². The molecule has 3 nitrogen and oxygen atoms in total. The zero-order valence-corrected chi connectivity index (χ0v) is 12.6. The smallest absolute Gasteiger partial charge is 0.122 e. The van der Waals surface area contributed by atoms with Crippen LogP contribution in [0.2, 0.25) is 5.02 Å². The molecule has 2 aromatic rings. The predicted molar refractivity (Wildman–Crippen MR) is 83.1 cm³/mol. The summed E-state index contributed by atoms with van der Waals surface area (Å²) in [5.41, 5.74) is 3.13. The Morgan fingerprint density at radius 3 is 2.20 bits per heavy atom. The van der Waals surface area contributed by atoms with Gasteiger partial charge in [0.2, 0.25) is 0 Å². The fourth-order valence-electron chi connectivity index (χ4n) is 1.93. The van der Waals surface area contributed by atoms with Crippen LogP contribution in [0, 0.1) is 6.92 Å². The molecule has 0 radical (unpaired) electrons. The zero-order chi connectivity index (χ0) is 14.5. The summed E-state index contributed by atoms with van der Waals surface area (Å²) in [4.78, 5) is 0. The minimum absolute atomic E-state index is 0.649. The molecule has 0 aromatic heterocycles. The Morgan fingerprint density at radius 2 is 1.65 bits per heavy atom. The average Bonchev–Trinajstić information content (AvgIpc) is 2.46. The third kappa shape index (κ3) is 3.58. The van der Waals surface area contributed by atoms with Crippen molar-refractivity contribution in [3.8, 4) is 11.5 Å². The summed E-state index contributed by atoms with van der Waals surface area (Å²) in [5, 5.41) is 4.04. The largest absolute Gasteiger partial charge is 0.497 e. The lowest BCUT2D eigenvalue weighted by atomic mass is 10.2. The van der Waals surface area contributed by atoms with E-state index in [1.807, 2.05) is 43.3 Å². The maximum absolute atomic E-state index is 6.20. The number of nitrogens with one attached hydrogen (secondary N) is 1. The normalized spacial score (nSPS) is 10.2. The molecule has 0 spiro atoms. The van der Waals surface area contributed by atoms with Crippen LogP contribution in [0.5, 0.6) is 11.5 Å². The first kappa shape index (κ1) is 14.5. The van der Waals surface area contributed by atoms with Crippen LogP contribution in [0.4, 0.5) is 5.69 Å². The number of hydrogen-bond acceptors (Lipinski definition) is 3. The molecule has 0 saturated heterocycles. The van der Waals surface area contributed by atoms with Gasteiger partial charge in [0.15, 0.2) is 0 Å². The summed E-state index contributed by atoms with van der Waals surface area (Å²) in [6, 6.07) is 11.7. The Kier molecular flexibility index (Phi) is 4.74. The fraction of sp³-hybridized carbons (Fsp3) is 0.250. The molecular weight excluding hydrogens is 274 g/mol. The minimum atomic E-state index is 0.649. The van der Waals surface area contributed by atoms with Gasteiger partial charge >= 0.3 is 0 Å². The van der Waals surface area contributed by atoms with E-state index in [0.29, 0.717) is 6.54 Å². The first-order chi connectivity index (χ1) is 9.62. The van der Waals surface area contributed by atoms with Crippen molar-refractivity contribution in [2.24, 2.45) is 0 Å². The van der Waals surface area contributed by atoms with Gasteiger partial charge < -0.3 is 14.8 Å². The van der Waals surface area contributed by atoms with E-state index in [4.69, 9.17) is 21.1 Å². The predicted octanol–water partition coefficient (Wildman–Crippen LogP) is 4.28. The maximum Gasteiger partial charge on any atom is 0.122 e. The van der Waals surface area contributed by atoms with Gasteiger partial charge in [-0.3, -0.25) is 0 Å². The maximum atomic E-state index is 6.20. The minimum Gasteiger partial charge on any atom is -0.497 e. The van der Waals surface area contributed by atoms with E-state index in [1.165, 1.54) is 0 Å². The summed E-state index contributed by atoms with van der Waals surface area (Å²) in [6.07, 6.45) is 0. The summed E-state index contributed by atoms with van der Waals surface area (Å²) in [6.45, 7) is 2.67. The first-order valence-corrected chi connectivity index (χ1v) is 6.72. The molecular formula is C16H18ClNO2. The van der Waals surface area contributed by atoms with Gasteiger partial charge in [-0.2, -0.15) is 0 Å². The summed E-state index contributed by atoms with van der Waals surface area (Å²) >= 11 is 6.20. The van der Waals surface area contributed by atoms with Crippen molar-refractivity contribution in [1.82, 2.24) is 0 Å². The second kappa shape index (κ2) is 6.53. The monoisotopic (exact) mass is 291 g/mol. The standard InChI is InChI=1S/C16H18ClNO2/c1-11-4-5-16(15(17)6-11)18-10-12-7-13(19-2)9-14(8-12)20-3/h4-9,18H,10H2,1-3H3. The summed E-state index contributed by atoms with van der Waals surface area (Å²) in [5.74, 6) is 1.55. The molecule has 2 aromatic carbocycles. The van der Waals surface area contributed by atoms with Crippen LogP contribution >= 0.6 is 11.6 Å². The van der Waals surface area contributed by atoms with Crippen LogP contribution in [0.15, 0.2) is 36.4 Å². The van der Waals surface area contributed by atoms with Gasteiger partial charge in [0.05, 0.1) is 24.9 Å². The quantitative estimate of drug-likeness (QED) is 0.892. The van der Waals surface area contributed by atoms with Crippen LogP contribution in [0.1, 0.15) is 11.1 Å². The molecule has 0 bridgehead atoms. The highest BCUT2D eigenvalue weighted by atomic mass is 35.5. The molecule has 106 valence electrons. The number of rotatable bonds is 5. The van der Waals surface area contributed by atoms with Crippen molar-refractivity contribution in [3.05, 3.63) is 52.5 Å². The van der Waals surface area contributed by atoms with Gasteiger partial charge in [0.1, 0.15) is 11.5 Å². The Labute approximate surface area is 124 Å². The molecule has 20 heavy (non-hydrogen) atoms. The van der Waals surface area contributed by atoms with E-state index >= 15 is 0 Å². The van der Waals surface area contributed by atoms with E-state index in [0.717, 1.165) is 33.3 Å². The molecule has 0 aliphatic heterocycles. The van der Waals surface area contributed by atoms with Crippen molar-refractivity contribution in [3.63, 3.8) is 0 Å². The number of methoxy groups -OCH3 is 2. The Bertz CT molecular complexity index is 577. The van der Waals surface area contributed by atoms with Gasteiger partial charge in [-0.05, 0) is 42.3 Å². The molecule has 2 rings (SSSR count). The lowest BCUT2D eigenvalue weighted by Gasteiger charge is -2.11. The van der Waals surface area contributed by atoms with Crippen LogP contribution in [-0.4, -0.2) is 14.2 Å². The third-order valence-electron chi connectivity index (χ3n) is 3.02. The SMILES string of the molecule is COc1cc(CNc2ccc(C)cc2Cl)cc(OC)c1. The highest BCUT2D eigenvalue weighted by Gasteiger charge is 2.04. The van der Waals surface area contributed by atoms with Crippen molar-refractivity contribution < 1.29 is 9.47 Å². The third-order valence-corrected chi connectivity index (χ3v) is 3.33. The summed E-state index contributed by atoms with van der Waals surface area (Å²) in [7, 11) is 3.28. The van der Waals surface area contributed by atoms with Crippen molar-refractivity contribution in [2.75, 3.05) is 19.5 Å². The number of aryl methyl sites for hydroxylation is 1. The molecule has 0 unspecified atom stereocenters. The lowest BCUT2D eigenvalue weighted by molar-refractivity contribution is 0.393. The molecule has 4 heteroatoms. The van der Waals surface area contributed by atoms with E-state index in [1.54, 1.807) is 14.2 Å². The average molecular weight is 292 g/mol. The number of hydrogen-bond donors (Lipinski definition) is 1. The van der Waals surface area contributed by atoms with Gasteiger partial charge in [-0.15, -0.1) is 0 Å². The molecule has 0 aliphatic rings. The second-order valence-electron chi connectivity index (χ2n) is 4.56. The fourth-order valence-corrected chi connectivity index (χ4v) is 2.23. The Morgan fingerprint density at radius 1 is 1.00 bits per heavy atom. The van der Waals surface area contributed by atoms with E-state index in [2.05, 4.69) is 5.32 Å². The molecule has 0 aliphatic carbocycles. The van der Waals surface area contributed by atoms with E-state index < -0.39 is 0 Å². The van der Waals surface area contributed by atoms with Crippen LogP contribution in [0.25, 0.3) is 0 Å². The number of ether oxygens (including phenoxy) is 2. The number of benzene rings is 2. The molecule has 0 heterocycles. The molecule has 0 amide bonds. The molecule has 0 saturated carbocycles. The first-order valence-electron chi connectivity index (χ1n) is 6.34. The lowest BCUT2D eigenvalue weighted by Crippen LogP contribution is -2.01. The van der Waals surface area contributed by atoms with E-state index in [-0.39, 0.29) is 0 Å². The number of halogens is 1. The number of anilines is 1. The van der Waals surface area contributed by atoms with Crippen LogP contribution in [-0.2, 0) is 6.54 Å². The highest BCUT2D eigenvalue weighted by molar-refractivity contribution is 6.33. The highest BCUT2D eigenvalue weighted by Crippen LogP contribution is 2.26. The van der Waals surface area contributed by atoms with Gasteiger partial charge in [-0.25, -0.2) is 0 Å². The second-order valence-corrected chi connectivity index (χ2v) is 4.96. The van der Waals surface area contributed by atoms with E-state index in [9.17, 15) is 0 Å². The summed E-state index contributed by atoms with van der Waals surface area (Å²) < 4.78 is 10.5. The van der Waals surface area contributed by atoms with Crippen molar-refractivity contribution in [2.45, 2.75) is 13.5 Å². The van der Waals surface area contributed by atoms with Crippen LogP contribution in [0.3, 0.4) is 0 Å². The van der Waals surface area contributed by atoms with Crippen molar-refractivity contribution in [1.29, 1.82) is 0 Å². The molecule has 1 N–H and O–H groups in total.